The smallest absolute Gasteiger partial charge is 0.478 e. The molecule has 0 N–H and O–H groups in total. The van der Waals surface area contributed by atoms with Crippen LogP contribution in [0.25, 0.3) is 0 Å². The van der Waals surface area contributed by atoms with Crippen molar-refractivity contribution in [3.63, 3.8) is 0 Å². The van der Waals surface area contributed by atoms with E-state index >= 15 is 0 Å². The average Bonchev–Trinajstić information content (AvgIpc) is 3.17. The van der Waals surface area contributed by atoms with Crippen LogP contribution in [0.3, 0.4) is 0 Å². The number of benzene rings is 3. The molecule has 11 heteroatoms. The van der Waals surface area contributed by atoms with Crippen LogP contribution in [0.2, 0.25) is 5.02 Å². The Morgan fingerprint density at radius 1 is 0.850 bits per heavy atom. The first-order chi connectivity index (χ1) is 19.4. The van der Waals surface area contributed by atoms with E-state index in [1.54, 1.807) is 55.5 Å². The van der Waals surface area contributed by atoms with E-state index in [1.165, 1.54) is 48.7 Å². The van der Waals surface area contributed by atoms with Crippen molar-refractivity contribution in [1.29, 1.82) is 0 Å². The molecule has 202 valence electrons. The lowest BCUT2D eigenvalue weighted by molar-refractivity contribution is -0.139. The standard InChI is InChI=1S/C29H21ClN2O8/c1-2-36-25-22(14-9-17-31-25)29(39-27(34)37-20-10-5-3-6-11-20)23-18-19(30)15-16-24(23)32(26(29)33)40-28(35)38-21-12-7-4-8-13-21/h3-18H,2H2,1H3. The minimum Gasteiger partial charge on any atom is -0.478 e. The predicted octanol–water partition coefficient (Wildman–Crippen LogP) is 6.07. The van der Waals surface area contributed by atoms with E-state index in [9.17, 15) is 14.4 Å². The molecule has 1 amide bonds. The highest BCUT2D eigenvalue weighted by atomic mass is 35.5. The van der Waals surface area contributed by atoms with Crippen LogP contribution in [0.5, 0.6) is 17.4 Å². The topological polar surface area (TPSA) is 113 Å². The second-order valence-electron chi connectivity index (χ2n) is 8.25. The minimum atomic E-state index is -2.27. The zero-order valence-electron chi connectivity index (χ0n) is 21.0. The Balaban J connectivity index is 1.60. The predicted molar refractivity (Wildman–Crippen MR) is 142 cm³/mol. The summed E-state index contributed by atoms with van der Waals surface area (Å²) in [7, 11) is 0. The van der Waals surface area contributed by atoms with Gasteiger partial charge in [-0.2, -0.15) is 0 Å². The van der Waals surface area contributed by atoms with Gasteiger partial charge in [0.2, 0.25) is 5.88 Å². The Kier molecular flexibility index (Phi) is 7.52. The van der Waals surface area contributed by atoms with Gasteiger partial charge < -0.3 is 18.9 Å². The van der Waals surface area contributed by atoms with Crippen molar-refractivity contribution in [3.05, 3.63) is 113 Å². The van der Waals surface area contributed by atoms with Crippen molar-refractivity contribution < 1.29 is 38.2 Å². The number of halogens is 1. The summed E-state index contributed by atoms with van der Waals surface area (Å²) < 4.78 is 22.1. The Morgan fingerprint density at radius 2 is 1.50 bits per heavy atom. The van der Waals surface area contributed by atoms with Crippen LogP contribution >= 0.6 is 11.6 Å². The fraction of sp³-hybridized carbons (Fsp3) is 0.103. The summed E-state index contributed by atoms with van der Waals surface area (Å²) in [5, 5.41) is 0.890. The largest absolute Gasteiger partial charge is 0.539 e. The molecule has 40 heavy (non-hydrogen) atoms. The molecule has 0 bridgehead atoms. The number of rotatable bonds is 7. The van der Waals surface area contributed by atoms with Crippen molar-refractivity contribution in [3.8, 4) is 17.4 Å². The molecule has 1 atom stereocenters. The van der Waals surface area contributed by atoms with Crippen LogP contribution in [-0.4, -0.2) is 29.8 Å². The number of fused-ring (bicyclic) bond motifs is 1. The highest BCUT2D eigenvalue weighted by Crippen LogP contribution is 2.50. The molecule has 1 aliphatic heterocycles. The average molecular weight is 561 g/mol. The van der Waals surface area contributed by atoms with Gasteiger partial charge >= 0.3 is 18.2 Å². The maximum Gasteiger partial charge on any atom is 0.539 e. The first kappa shape index (κ1) is 26.5. The second-order valence-corrected chi connectivity index (χ2v) is 8.69. The van der Waals surface area contributed by atoms with Gasteiger partial charge in [0.1, 0.15) is 11.5 Å². The summed E-state index contributed by atoms with van der Waals surface area (Å²) in [5.41, 5.74) is -2.06. The quantitative estimate of drug-likeness (QED) is 0.196. The molecule has 1 aliphatic rings. The van der Waals surface area contributed by atoms with E-state index < -0.39 is 23.8 Å². The highest BCUT2D eigenvalue weighted by molar-refractivity contribution is 6.31. The lowest BCUT2D eigenvalue weighted by Crippen LogP contribution is -2.46. The monoisotopic (exact) mass is 560 g/mol. The van der Waals surface area contributed by atoms with Gasteiger partial charge in [0.25, 0.3) is 5.60 Å². The number of hydroxylamine groups is 1. The zero-order valence-corrected chi connectivity index (χ0v) is 21.7. The molecule has 5 rings (SSSR count). The van der Waals surface area contributed by atoms with Gasteiger partial charge in [0.05, 0.1) is 17.9 Å². The summed E-state index contributed by atoms with van der Waals surface area (Å²) in [4.78, 5) is 49.8. The SMILES string of the molecule is CCOc1ncccc1C1(OC(=O)Oc2ccccc2)C(=O)N(OC(=O)Oc2ccccc2)c2ccc(Cl)cc21. The number of para-hydroxylation sites is 2. The zero-order chi connectivity index (χ0) is 28.1. The molecule has 1 aromatic heterocycles. The first-order valence-corrected chi connectivity index (χ1v) is 12.4. The number of pyridine rings is 1. The number of hydrogen-bond donors (Lipinski definition) is 0. The third-order valence-corrected chi connectivity index (χ3v) is 6.00. The minimum absolute atomic E-state index is 0.00509. The third-order valence-electron chi connectivity index (χ3n) is 5.76. The number of nitrogens with zero attached hydrogens (tertiary/aromatic N) is 2. The van der Waals surface area contributed by atoms with Gasteiger partial charge in [-0.15, -0.1) is 5.06 Å². The Hall–Kier alpha value is -5.09. The first-order valence-electron chi connectivity index (χ1n) is 12.1. The number of aromatic nitrogens is 1. The normalized spacial score (nSPS) is 15.7. The molecule has 0 saturated carbocycles. The van der Waals surface area contributed by atoms with Crippen molar-refractivity contribution in [2.45, 2.75) is 12.5 Å². The van der Waals surface area contributed by atoms with E-state index in [0.717, 1.165) is 0 Å². The Morgan fingerprint density at radius 3 is 2.15 bits per heavy atom. The summed E-state index contributed by atoms with van der Waals surface area (Å²) in [6.07, 6.45) is -0.973. The fourth-order valence-electron chi connectivity index (χ4n) is 4.16. The molecule has 1 unspecified atom stereocenters. The van der Waals surface area contributed by atoms with Gasteiger partial charge in [-0.25, -0.2) is 14.6 Å². The Labute approximate surface area is 233 Å². The van der Waals surface area contributed by atoms with Crippen molar-refractivity contribution >= 4 is 35.5 Å². The number of anilines is 1. The molecule has 2 heterocycles. The van der Waals surface area contributed by atoms with E-state index in [0.29, 0.717) is 5.06 Å². The highest BCUT2D eigenvalue weighted by Gasteiger charge is 2.60. The molecule has 0 aliphatic carbocycles. The molecule has 0 saturated heterocycles. The van der Waals surface area contributed by atoms with Crippen LogP contribution in [-0.2, 0) is 20.0 Å². The van der Waals surface area contributed by atoms with Crippen LogP contribution < -0.4 is 19.3 Å². The molecule has 3 aromatic carbocycles. The van der Waals surface area contributed by atoms with E-state index in [-0.39, 0.29) is 45.8 Å². The number of hydrogen-bond acceptors (Lipinski definition) is 9. The molecular weight excluding hydrogens is 540 g/mol. The van der Waals surface area contributed by atoms with Gasteiger partial charge in [-0.1, -0.05) is 48.0 Å². The molecule has 0 spiro atoms. The van der Waals surface area contributed by atoms with Crippen molar-refractivity contribution in [2.24, 2.45) is 0 Å². The summed E-state index contributed by atoms with van der Waals surface area (Å²) in [5.74, 6) is -0.607. The Bertz CT molecular complexity index is 1550. The van der Waals surface area contributed by atoms with Gasteiger partial charge in [-0.05, 0) is 61.5 Å². The number of carbonyl (C=O) groups is 3. The lowest BCUT2D eigenvalue weighted by Gasteiger charge is -2.29. The van der Waals surface area contributed by atoms with E-state index in [4.69, 9.17) is 35.4 Å². The van der Waals surface area contributed by atoms with Crippen LogP contribution in [0.1, 0.15) is 18.1 Å². The molecular formula is C29H21ClN2O8. The van der Waals surface area contributed by atoms with Gasteiger partial charge in [-0.3, -0.25) is 9.63 Å². The molecule has 0 fully saturated rings. The maximum absolute atomic E-state index is 14.3. The van der Waals surface area contributed by atoms with E-state index in [2.05, 4.69) is 4.98 Å². The third kappa shape index (κ3) is 5.12. The maximum atomic E-state index is 14.3. The van der Waals surface area contributed by atoms with Crippen molar-refractivity contribution in [2.75, 3.05) is 11.7 Å². The van der Waals surface area contributed by atoms with E-state index in [1.807, 2.05) is 0 Å². The summed E-state index contributed by atoms with van der Waals surface area (Å²) >= 11 is 6.33. The van der Waals surface area contributed by atoms with Crippen LogP contribution in [0, 0.1) is 0 Å². The van der Waals surface area contributed by atoms with Gasteiger partial charge in [0, 0.05) is 16.8 Å². The molecule has 10 nitrogen and oxygen atoms in total. The second kappa shape index (κ2) is 11.3. The molecule has 0 radical (unpaired) electrons. The summed E-state index contributed by atoms with van der Waals surface area (Å²) in [6.45, 7) is 1.92. The fourth-order valence-corrected chi connectivity index (χ4v) is 4.33. The summed E-state index contributed by atoms with van der Waals surface area (Å²) in [6, 6.07) is 23.7. The van der Waals surface area contributed by atoms with Crippen LogP contribution in [0.15, 0.2) is 97.2 Å². The number of ether oxygens (including phenoxy) is 4. The van der Waals surface area contributed by atoms with Crippen LogP contribution in [0.4, 0.5) is 15.3 Å². The number of amides is 1. The van der Waals surface area contributed by atoms with Gasteiger partial charge in [0.15, 0.2) is 0 Å². The van der Waals surface area contributed by atoms with Crippen molar-refractivity contribution in [1.82, 2.24) is 4.98 Å². The number of carbonyl (C=O) groups excluding carboxylic acids is 3. The lowest BCUT2D eigenvalue weighted by atomic mass is 9.87. The molecule has 4 aromatic rings.